The minimum Gasteiger partial charge on any atom is -0.492 e. The fraction of sp³-hybridized carbons (Fsp3) is 0.130. The van der Waals surface area contributed by atoms with Crippen LogP contribution < -0.4 is 20.1 Å². The summed E-state index contributed by atoms with van der Waals surface area (Å²) in [5.74, 6) is 0.582. The Morgan fingerprint density at radius 1 is 1.03 bits per heavy atom. The van der Waals surface area contributed by atoms with Gasteiger partial charge in [0.25, 0.3) is 10.0 Å². The molecule has 0 aliphatic carbocycles. The number of rotatable bonds is 7. The van der Waals surface area contributed by atoms with Crippen molar-refractivity contribution in [2.45, 2.75) is 18.7 Å². The Morgan fingerprint density at radius 2 is 1.79 bits per heavy atom. The lowest BCUT2D eigenvalue weighted by atomic mass is 10.2. The summed E-state index contributed by atoms with van der Waals surface area (Å²) >= 11 is 1.18. The van der Waals surface area contributed by atoms with E-state index >= 15 is 0 Å². The SMILES string of the molecule is CCOc1ccccc1NC(=O)Nc1ccc2nc(NS(=O)(=O)c3ccc(C)cc3)sc2c1. The van der Waals surface area contributed by atoms with Gasteiger partial charge in [0.1, 0.15) is 5.75 Å². The molecule has 0 saturated heterocycles. The van der Waals surface area contributed by atoms with E-state index in [1.165, 1.54) is 11.3 Å². The molecule has 170 valence electrons. The van der Waals surface area contributed by atoms with E-state index in [2.05, 4.69) is 20.3 Å². The Bertz CT molecular complexity index is 1400. The van der Waals surface area contributed by atoms with E-state index in [4.69, 9.17) is 4.74 Å². The monoisotopic (exact) mass is 482 g/mol. The number of para-hydroxylation sites is 2. The molecule has 4 aromatic rings. The number of carbonyl (C=O) groups excluding carboxylic acids is 1. The third-order valence-corrected chi connectivity index (χ3v) is 7.05. The largest absolute Gasteiger partial charge is 0.492 e. The van der Waals surface area contributed by atoms with Crippen LogP contribution in [0.2, 0.25) is 0 Å². The minimum absolute atomic E-state index is 0.165. The topological polar surface area (TPSA) is 109 Å². The first-order valence-corrected chi connectivity index (χ1v) is 12.4. The third-order valence-electron chi connectivity index (χ3n) is 4.63. The minimum atomic E-state index is -3.74. The number of sulfonamides is 1. The van der Waals surface area contributed by atoms with Crippen molar-refractivity contribution in [3.63, 3.8) is 0 Å². The fourth-order valence-electron chi connectivity index (χ4n) is 3.07. The van der Waals surface area contributed by atoms with Crippen molar-refractivity contribution in [1.29, 1.82) is 0 Å². The van der Waals surface area contributed by atoms with Gasteiger partial charge in [0.2, 0.25) is 0 Å². The van der Waals surface area contributed by atoms with Crippen molar-refractivity contribution < 1.29 is 17.9 Å². The number of thiazole rings is 1. The highest BCUT2D eigenvalue weighted by Gasteiger charge is 2.17. The van der Waals surface area contributed by atoms with Crippen LogP contribution in [-0.4, -0.2) is 26.0 Å². The average molecular weight is 483 g/mol. The van der Waals surface area contributed by atoms with Crippen molar-refractivity contribution in [3.05, 3.63) is 72.3 Å². The molecule has 0 spiro atoms. The van der Waals surface area contributed by atoms with E-state index in [0.29, 0.717) is 29.2 Å². The van der Waals surface area contributed by atoms with Crippen LogP contribution in [-0.2, 0) is 10.0 Å². The molecule has 0 saturated carbocycles. The van der Waals surface area contributed by atoms with E-state index in [1.807, 2.05) is 19.9 Å². The van der Waals surface area contributed by atoms with Crippen LogP contribution in [0.1, 0.15) is 12.5 Å². The lowest BCUT2D eigenvalue weighted by Gasteiger charge is -2.12. The van der Waals surface area contributed by atoms with Crippen molar-refractivity contribution in [3.8, 4) is 5.75 Å². The van der Waals surface area contributed by atoms with Gasteiger partial charge in [0.05, 0.1) is 27.4 Å². The van der Waals surface area contributed by atoms with E-state index in [1.54, 1.807) is 60.7 Å². The van der Waals surface area contributed by atoms with E-state index in [9.17, 15) is 13.2 Å². The van der Waals surface area contributed by atoms with Crippen LogP contribution in [0.3, 0.4) is 0 Å². The first-order chi connectivity index (χ1) is 15.8. The molecule has 1 heterocycles. The van der Waals surface area contributed by atoms with Crippen LogP contribution in [0.25, 0.3) is 10.2 Å². The number of aromatic nitrogens is 1. The number of nitrogens with zero attached hydrogens (tertiary/aromatic N) is 1. The summed E-state index contributed by atoms with van der Waals surface area (Å²) in [5, 5.41) is 5.79. The Hall–Kier alpha value is -3.63. The van der Waals surface area contributed by atoms with Gasteiger partial charge in [-0.3, -0.25) is 4.72 Å². The van der Waals surface area contributed by atoms with Crippen molar-refractivity contribution in [2.75, 3.05) is 22.0 Å². The lowest BCUT2D eigenvalue weighted by molar-refractivity contribution is 0.262. The standard InChI is InChI=1S/C23H22N4O4S2/c1-3-31-20-7-5-4-6-18(20)25-22(28)24-16-10-13-19-21(14-16)32-23(26-19)27-33(29,30)17-11-8-15(2)9-12-17/h4-14H,3H2,1-2H3,(H,26,27)(H2,24,25,28). The van der Waals surface area contributed by atoms with E-state index in [0.717, 1.165) is 10.3 Å². The van der Waals surface area contributed by atoms with Crippen LogP contribution in [0.15, 0.2) is 71.6 Å². The number of ether oxygens (including phenoxy) is 1. The van der Waals surface area contributed by atoms with Gasteiger partial charge in [-0.1, -0.05) is 41.2 Å². The number of nitrogens with one attached hydrogen (secondary N) is 3. The van der Waals surface area contributed by atoms with Gasteiger partial charge in [0, 0.05) is 5.69 Å². The quantitative estimate of drug-likeness (QED) is 0.325. The number of carbonyl (C=O) groups is 1. The van der Waals surface area contributed by atoms with E-state index in [-0.39, 0.29) is 10.0 Å². The predicted octanol–water partition coefficient (Wildman–Crippen LogP) is 5.45. The van der Waals surface area contributed by atoms with Gasteiger partial charge in [-0.2, -0.15) is 0 Å². The maximum atomic E-state index is 12.6. The second kappa shape index (κ2) is 9.47. The number of fused-ring (bicyclic) bond motifs is 1. The Kier molecular flexibility index (Phi) is 6.47. The summed E-state index contributed by atoms with van der Waals surface area (Å²) < 4.78 is 34.0. The molecule has 8 nitrogen and oxygen atoms in total. The molecule has 0 unspecified atom stereocenters. The third kappa shape index (κ3) is 5.41. The Labute approximate surface area is 195 Å². The zero-order valence-corrected chi connectivity index (χ0v) is 19.6. The molecular formula is C23H22N4O4S2. The van der Waals surface area contributed by atoms with Crippen molar-refractivity contribution >= 4 is 54.1 Å². The van der Waals surface area contributed by atoms with Gasteiger partial charge in [0.15, 0.2) is 5.13 Å². The summed E-state index contributed by atoms with van der Waals surface area (Å²) in [4.78, 5) is 17.0. The predicted molar refractivity (Wildman–Crippen MR) is 132 cm³/mol. The maximum absolute atomic E-state index is 12.6. The number of aryl methyl sites for hydroxylation is 1. The van der Waals surface area contributed by atoms with Crippen LogP contribution in [0, 0.1) is 6.92 Å². The second-order valence-corrected chi connectivity index (χ2v) is 9.84. The van der Waals surface area contributed by atoms with Gasteiger partial charge in [-0.05, 0) is 56.3 Å². The smallest absolute Gasteiger partial charge is 0.323 e. The van der Waals surface area contributed by atoms with Crippen LogP contribution >= 0.6 is 11.3 Å². The van der Waals surface area contributed by atoms with Crippen molar-refractivity contribution in [2.24, 2.45) is 0 Å². The normalized spacial score (nSPS) is 11.2. The molecule has 10 heteroatoms. The fourth-order valence-corrected chi connectivity index (χ4v) is 5.21. The number of urea groups is 1. The number of amides is 2. The Morgan fingerprint density at radius 3 is 2.55 bits per heavy atom. The highest BCUT2D eigenvalue weighted by molar-refractivity contribution is 7.93. The molecule has 33 heavy (non-hydrogen) atoms. The molecule has 1 aromatic heterocycles. The molecule has 2 amide bonds. The number of hydrogen-bond acceptors (Lipinski definition) is 6. The summed E-state index contributed by atoms with van der Waals surface area (Å²) in [6.45, 7) is 4.25. The van der Waals surface area contributed by atoms with Crippen LogP contribution in [0.5, 0.6) is 5.75 Å². The number of hydrogen-bond donors (Lipinski definition) is 3. The number of anilines is 3. The molecule has 3 N–H and O–H groups in total. The van der Waals surface area contributed by atoms with E-state index < -0.39 is 16.1 Å². The zero-order chi connectivity index (χ0) is 23.4. The number of benzene rings is 3. The molecule has 4 rings (SSSR count). The first-order valence-electron chi connectivity index (χ1n) is 10.1. The summed E-state index contributed by atoms with van der Waals surface area (Å²) in [7, 11) is -3.74. The molecule has 0 aliphatic heterocycles. The summed E-state index contributed by atoms with van der Waals surface area (Å²) in [6.07, 6.45) is 0. The molecule has 3 aromatic carbocycles. The molecule has 0 fully saturated rings. The average Bonchev–Trinajstić information content (AvgIpc) is 3.16. The Balaban J connectivity index is 1.48. The molecule has 0 atom stereocenters. The molecule has 0 bridgehead atoms. The first kappa shape index (κ1) is 22.6. The van der Waals surface area contributed by atoms with Gasteiger partial charge >= 0.3 is 6.03 Å². The zero-order valence-electron chi connectivity index (χ0n) is 18.0. The highest BCUT2D eigenvalue weighted by Crippen LogP contribution is 2.30. The molecule has 0 aliphatic rings. The molecular weight excluding hydrogens is 460 g/mol. The lowest BCUT2D eigenvalue weighted by Crippen LogP contribution is -2.19. The second-order valence-electron chi connectivity index (χ2n) is 7.13. The summed E-state index contributed by atoms with van der Waals surface area (Å²) in [6, 6.07) is 18.5. The van der Waals surface area contributed by atoms with Gasteiger partial charge in [-0.15, -0.1) is 0 Å². The summed E-state index contributed by atoms with van der Waals surface area (Å²) in [5.41, 5.74) is 2.70. The molecule has 0 radical (unpaired) electrons. The van der Waals surface area contributed by atoms with Gasteiger partial charge in [-0.25, -0.2) is 18.2 Å². The maximum Gasteiger partial charge on any atom is 0.323 e. The highest BCUT2D eigenvalue weighted by atomic mass is 32.2. The van der Waals surface area contributed by atoms with Gasteiger partial charge < -0.3 is 15.4 Å². The van der Waals surface area contributed by atoms with Crippen LogP contribution in [0.4, 0.5) is 21.3 Å². The van der Waals surface area contributed by atoms with Crippen molar-refractivity contribution in [1.82, 2.24) is 4.98 Å².